The van der Waals surface area contributed by atoms with Gasteiger partial charge in [0.15, 0.2) is 0 Å². The molecular weight excluding hydrogens is 746 g/mol. The second-order valence-electron chi connectivity index (χ2n) is 10.8. The number of likely N-dealkylation sites (tertiary alicyclic amines) is 1. The van der Waals surface area contributed by atoms with Crippen molar-refractivity contribution < 1.29 is 81.1 Å². The Kier molecular flexibility index (Phi) is 21.0. The summed E-state index contributed by atoms with van der Waals surface area (Å²) in [6.07, 6.45) is 5.92. The first-order chi connectivity index (χ1) is 22.0. The summed E-state index contributed by atoms with van der Waals surface area (Å²) in [4.78, 5) is 37.9. The molecule has 2 unspecified atom stereocenters. The smallest absolute Gasteiger partial charge is 0.264 e. The first-order valence-corrected chi connectivity index (χ1v) is 15.4. The average Bonchev–Trinajstić information content (AvgIpc) is 3.91. The number of carbonyl (C=O) groups is 2. The van der Waals surface area contributed by atoms with E-state index in [4.69, 9.17) is 23.7 Å². The van der Waals surface area contributed by atoms with Crippen LogP contribution in [-0.4, -0.2) is 115 Å². The van der Waals surface area contributed by atoms with Crippen LogP contribution in [0.1, 0.15) is 24.8 Å². The third-order valence-corrected chi connectivity index (χ3v) is 7.44. The molecule has 1 aromatic rings. The van der Waals surface area contributed by atoms with Crippen molar-refractivity contribution >= 4 is 24.3 Å². The number of hydrogen-bond donors (Lipinski definition) is 2. The molecule has 1 heterocycles. The molecule has 2 N–H and O–H groups in total. The number of halogens is 1. The summed E-state index contributed by atoms with van der Waals surface area (Å²) >= 11 is 0. The fraction of sp³-hybridized carbons (Fsp3) is 0.625. The molecule has 14 heteroatoms. The molecule has 3 rings (SSSR count). The number of hydrogen-bond acceptors (Lipinski definition) is 9. The van der Waals surface area contributed by atoms with E-state index in [1.807, 2.05) is 6.07 Å². The van der Waals surface area contributed by atoms with Gasteiger partial charge in [-0.15, -0.1) is 0 Å². The Morgan fingerprint density at radius 3 is 1.93 bits per heavy atom. The minimum atomic E-state index is -0.408. The Hall–Kier alpha value is -2.12. The number of benzene rings is 1. The average molecular weight is 791 g/mol. The van der Waals surface area contributed by atoms with Gasteiger partial charge in [-0.25, -0.2) is 4.39 Å². The molecule has 1 saturated heterocycles. The van der Waals surface area contributed by atoms with E-state index in [2.05, 4.69) is 10.6 Å². The number of piperidine rings is 1. The van der Waals surface area contributed by atoms with Crippen LogP contribution >= 0.6 is 0 Å². The van der Waals surface area contributed by atoms with Gasteiger partial charge in [-0.3, -0.25) is 9.59 Å². The van der Waals surface area contributed by atoms with Crippen molar-refractivity contribution in [3.8, 4) is 6.07 Å². The van der Waals surface area contributed by atoms with E-state index in [1.165, 1.54) is 30.3 Å². The summed E-state index contributed by atoms with van der Waals surface area (Å²) < 4.78 is 40.3. The maximum atomic E-state index is 13.3. The first-order valence-electron chi connectivity index (χ1n) is 15.4. The Morgan fingerprint density at radius 1 is 0.870 bits per heavy atom. The van der Waals surface area contributed by atoms with Gasteiger partial charge in [-0.2, -0.15) is 11.7 Å². The van der Waals surface area contributed by atoms with E-state index < -0.39 is 11.7 Å². The van der Waals surface area contributed by atoms with Crippen LogP contribution in [0.4, 0.5) is 4.39 Å². The van der Waals surface area contributed by atoms with Gasteiger partial charge in [0.1, 0.15) is 17.5 Å². The third kappa shape index (κ3) is 16.1. The molecule has 2 aliphatic rings. The standard InChI is InChI=1S/C32H44FN4O8.Tb/c33-30-5-1-25(2-6-30)19-27(21-34)32(40)37-22-28(26-3-4-26)20-29(23-37)31(39)36-8-10-42-12-14-44-16-18-45-17-15-43-13-11-41-9-7-35-24-38;/h1-2,5-6,19,26,28-29H,3-4,7-18,20,22-23H2,(H,35,38)(H,36,39);/q-1;/b27-19+;. The Morgan fingerprint density at radius 2 is 1.41 bits per heavy atom. The van der Waals surface area contributed by atoms with Crippen molar-refractivity contribution in [1.29, 1.82) is 5.26 Å². The Bertz CT molecular complexity index is 1120. The van der Waals surface area contributed by atoms with Crippen molar-refractivity contribution in [3.63, 3.8) is 0 Å². The molecule has 1 aromatic carbocycles. The number of amides is 3. The summed E-state index contributed by atoms with van der Waals surface area (Å²) in [5, 5.41) is 15.0. The summed E-state index contributed by atoms with van der Waals surface area (Å²) in [5.74, 6) is -0.577. The molecule has 3 amide bonds. The second-order valence-corrected chi connectivity index (χ2v) is 10.8. The summed E-state index contributed by atoms with van der Waals surface area (Å²) in [6, 6.07) is 7.57. The largest absolute Gasteiger partial charge is 0.528 e. The van der Waals surface area contributed by atoms with E-state index in [0.29, 0.717) is 104 Å². The van der Waals surface area contributed by atoms with Gasteiger partial charge in [0.05, 0.1) is 72.0 Å². The number of nitrogens with zero attached hydrogens (tertiary/aromatic N) is 2. The van der Waals surface area contributed by atoms with Crippen molar-refractivity contribution in [2.45, 2.75) is 19.3 Å². The SMILES string of the molecule is N#C/C(=C\c1ccc(F)cc1)C(=O)N1CC(C(=O)NCCOCCOCCOCCOCCOCCN[C-]=O)CC(C2CC2)C1.[Tb]. The van der Waals surface area contributed by atoms with E-state index in [-0.39, 0.29) is 68.5 Å². The normalized spacial score (nSPS) is 17.9. The zero-order chi connectivity index (χ0) is 32.1. The topological polar surface area (TPSA) is 148 Å². The van der Waals surface area contributed by atoms with Crippen LogP contribution in [-0.2, 0) is 38.1 Å². The Labute approximate surface area is 301 Å². The Balaban J connectivity index is 0.00000736. The quantitative estimate of drug-likeness (QED) is 0.0553. The van der Waals surface area contributed by atoms with E-state index in [1.54, 1.807) is 11.3 Å². The number of rotatable bonds is 23. The molecule has 2 fully saturated rings. The van der Waals surface area contributed by atoms with Gasteiger partial charge in [0.25, 0.3) is 5.91 Å². The molecular formula is C32H44FN4O8Tb-. The van der Waals surface area contributed by atoms with Crippen molar-refractivity contribution in [2.75, 3.05) is 92.2 Å². The maximum Gasteiger partial charge on any atom is 0.264 e. The van der Waals surface area contributed by atoms with Crippen LogP contribution in [0.5, 0.6) is 0 Å². The molecule has 0 spiro atoms. The number of ether oxygens (including phenoxy) is 5. The van der Waals surface area contributed by atoms with Gasteiger partial charge in [0, 0.05) is 64.8 Å². The minimum absolute atomic E-state index is 0. The van der Waals surface area contributed by atoms with Gasteiger partial charge >= 0.3 is 0 Å². The molecule has 12 nitrogen and oxygen atoms in total. The summed E-state index contributed by atoms with van der Waals surface area (Å²) in [7, 11) is 0. The van der Waals surface area contributed by atoms with Crippen LogP contribution in [0.3, 0.4) is 0 Å². The van der Waals surface area contributed by atoms with Gasteiger partial charge < -0.3 is 44.0 Å². The number of carbonyl (C=O) groups excluding carboxylic acids is 3. The van der Waals surface area contributed by atoms with E-state index >= 15 is 0 Å². The molecule has 1 aliphatic carbocycles. The fourth-order valence-corrected chi connectivity index (χ4v) is 4.99. The zero-order valence-electron chi connectivity index (χ0n) is 26.0. The van der Waals surface area contributed by atoms with Crippen LogP contribution in [0, 0.1) is 73.5 Å². The van der Waals surface area contributed by atoms with E-state index in [9.17, 15) is 24.0 Å². The van der Waals surface area contributed by atoms with Crippen LogP contribution in [0.25, 0.3) is 6.08 Å². The third-order valence-electron chi connectivity index (χ3n) is 7.44. The van der Waals surface area contributed by atoms with Gasteiger partial charge in [0.2, 0.25) is 5.91 Å². The first kappa shape index (κ1) is 40.1. The van der Waals surface area contributed by atoms with Crippen molar-refractivity contribution in [3.05, 3.63) is 41.2 Å². The fourth-order valence-electron chi connectivity index (χ4n) is 4.99. The zero-order valence-corrected chi connectivity index (χ0v) is 28.2. The summed E-state index contributed by atoms with van der Waals surface area (Å²) in [6.45, 7) is 5.71. The van der Waals surface area contributed by atoms with Crippen LogP contribution in [0.15, 0.2) is 29.8 Å². The molecule has 1 radical (unpaired) electrons. The van der Waals surface area contributed by atoms with Crippen LogP contribution in [0.2, 0.25) is 0 Å². The second kappa shape index (κ2) is 24.1. The molecule has 2 atom stereocenters. The van der Waals surface area contributed by atoms with Gasteiger partial charge in [-0.05, 0) is 54.9 Å². The minimum Gasteiger partial charge on any atom is -0.528 e. The maximum absolute atomic E-state index is 13.3. The molecule has 1 aliphatic heterocycles. The predicted molar refractivity (Wildman–Crippen MR) is 162 cm³/mol. The summed E-state index contributed by atoms with van der Waals surface area (Å²) in [5.41, 5.74) is 0.526. The number of nitriles is 1. The molecule has 46 heavy (non-hydrogen) atoms. The van der Waals surface area contributed by atoms with Gasteiger partial charge in [-0.1, -0.05) is 12.1 Å². The molecule has 0 aromatic heterocycles. The van der Waals surface area contributed by atoms with Crippen molar-refractivity contribution in [1.82, 2.24) is 15.5 Å². The van der Waals surface area contributed by atoms with Crippen molar-refractivity contribution in [2.24, 2.45) is 17.8 Å². The molecule has 257 valence electrons. The number of nitrogens with one attached hydrogen (secondary N) is 2. The molecule has 1 saturated carbocycles. The van der Waals surface area contributed by atoms with Crippen LogP contribution < -0.4 is 10.6 Å². The van der Waals surface area contributed by atoms with E-state index in [0.717, 1.165) is 12.8 Å². The molecule has 0 bridgehead atoms. The predicted octanol–water partition coefficient (Wildman–Crippen LogP) is 1.46. The monoisotopic (exact) mass is 790 g/mol.